The van der Waals surface area contributed by atoms with Crippen LogP contribution in [0.3, 0.4) is 0 Å². The summed E-state index contributed by atoms with van der Waals surface area (Å²) in [5.41, 5.74) is 9.33. The van der Waals surface area contributed by atoms with Gasteiger partial charge in [0, 0.05) is 20.9 Å². The number of anilines is 1. The highest BCUT2D eigenvalue weighted by Crippen LogP contribution is 2.48. The number of thiophene rings is 1. The molecule has 0 bridgehead atoms. The van der Waals surface area contributed by atoms with Gasteiger partial charge in [-0.3, -0.25) is 4.57 Å². The molecule has 3 nitrogen and oxygen atoms in total. The lowest BCUT2D eigenvalue weighted by Crippen LogP contribution is -2.29. The zero-order valence-corrected chi connectivity index (χ0v) is 26.8. The summed E-state index contributed by atoms with van der Waals surface area (Å²) in [6, 6.07) is 58.9. The van der Waals surface area contributed by atoms with Crippen molar-refractivity contribution in [3.05, 3.63) is 169 Å². The molecule has 1 aliphatic rings. The average Bonchev–Trinajstić information content (AvgIpc) is 3.68. The van der Waals surface area contributed by atoms with Crippen molar-refractivity contribution in [3.8, 4) is 22.3 Å². The van der Waals surface area contributed by atoms with Crippen LogP contribution in [0.1, 0.15) is 11.6 Å². The Morgan fingerprint density at radius 3 is 1.83 bits per heavy atom. The summed E-state index contributed by atoms with van der Waals surface area (Å²) in [6.45, 7) is 0. The third kappa shape index (κ3) is 4.30. The van der Waals surface area contributed by atoms with E-state index in [2.05, 4.69) is 174 Å². The summed E-state index contributed by atoms with van der Waals surface area (Å²) < 4.78 is 3.63. The van der Waals surface area contributed by atoms with Crippen LogP contribution in [0.4, 0.5) is 10.7 Å². The fourth-order valence-corrected chi connectivity index (χ4v) is 8.40. The van der Waals surface area contributed by atoms with Crippen molar-refractivity contribution in [1.29, 1.82) is 0 Å². The van der Waals surface area contributed by atoms with Crippen LogP contribution in [-0.2, 0) is 0 Å². The van der Waals surface area contributed by atoms with Gasteiger partial charge in [-0.1, -0.05) is 121 Å². The highest BCUT2D eigenvalue weighted by atomic mass is 32.1. The maximum Gasteiger partial charge on any atom is 0.142 e. The first-order valence-electron chi connectivity index (χ1n) is 16.3. The molecule has 7 aromatic carbocycles. The molecule has 1 unspecified atom stereocenters. The maximum atomic E-state index is 5.60. The number of hydrogen-bond acceptors (Lipinski definition) is 3. The van der Waals surface area contributed by atoms with E-state index in [1.807, 2.05) is 0 Å². The molecular weight excluding hydrogens is 603 g/mol. The van der Waals surface area contributed by atoms with Crippen LogP contribution in [0.25, 0.3) is 64.9 Å². The zero-order valence-electron chi connectivity index (χ0n) is 26.0. The van der Waals surface area contributed by atoms with Crippen LogP contribution in [0.5, 0.6) is 0 Å². The van der Waals surface area contributed by atoms with E-state index in [1.54, 1.807) is 11.3 Å². The number of benzene rings is 7. The van der Waals surface area contributed by atoms with Gasteiger partial charge in [-0.05, 0) is 81.1 Å². The minimum Gasteiger partial charge on any atom is -0.369 e. The van der Waals surface area contributed by atoms with Crippen molar-refractivity contribution >= 4 is 70.5 Å². The monoisotopic (exact) mass is 631 g/mol. The molecule has 1 atom stereocenters. The summed E-state index contributed by atoms with van der Waals surface area (Å²) in [4.78, 5) is 5.60. The van der Waals surface area contributed by atoms with Crippen molar-refractivity contribution < 1.29 is 0 Å². The van der Waals surface area contributed by atoms with E-state index >= 15 is 0 Å². The van der Waals surface area contributed by atoms with Crippen LogP contribution >= 0.6 is 11.3 Å². The number of para-hydroxylation sites is 1. The highest BCUT2D eigenvalue weighted by Gasteiger charge is 2.31. The fourth-order valence-electron chi connectivity index (χ4n) is 7.35. The first-order valence-corrected chi connectivity index (χ1v) is 17.1. The van der Waals surface area contributed by atoms with Crippen molar-refractivity contribution in [1.82, 2.24) is 4.57 Å². The summed E-state index contributed by atoms with van der Waals surface area (Å²) in [5, 5.41) is 11.2. The second-order valence-electron chi connectivity index (χ2n) is 12.5. The van der Waals surface area contributed by atoms with Gasteiger partial charge in [-0.25, -0.2) is 4.99 Å². The summed E-state index contributed by atoms with van der Waals surface area (Å²) in [5.74, 6) is 0.972. The summed E-state index contributed by atoms with van der Waals surface area (Å²) >= 11 is 1.75. The van der Waals surface area contributed by atoms with E-state index < -0.39 is 0 Å². The van der Waals surface area contributed by atoms with Gasteiger partial charge in [0.25, 0.3) is 0 Å². The standard InChI is InChI=1S/C44H29N3S/c1-3-13-28(14-4-1)32-23-33(29-15-5-2-6-16-29)25-34(24-32)41-43(46-44-42(45-41)36-20-10-12-22-40(36)48-44)47-38-21-11-9-19-35(38)37-26-30-17-7-8-18-31(30)27-39(37)47/h1-27,41,45H. The number of fused-ring (bicyclic) bond motifs is 7. The minimum absolute atomic E-state index is 0.216. The molecule has 4 heteroatoms. The van der Waals surface area contributed by atoms with Gasteiger partial charge in [-0.15, -0.1) is 11.3 Å². The van der Waals surface area contributed by atoms with Crippen molar-refractivity contribution in [2.24, 2.45) is 4.99 Å². The lowest BCUT2D eigenvalue weighted by atomic mass is 9.92. The van der Waals surface area contributed by atoms with Gasteiger partial charge in [-0.2, -0.15) is 0 Å². The van der Waals surface area contributed by atoms with Gasteiger partial charge in [0.1, 0.15) is 16.9 Å². The second kappa shape index (κ2) is 10.8. The number of aliphatic imine (C=N–C) groups is 1. The van der Waals surface area contributed by atoms with E-state index in [0.717, 1.165) is 27.6 Å². The molecule has 0 saturated heterocycles. The fraction of sp³-hybridized carbons (Fsp3) is 0.0227. The summed E-state index contributed by atoms with van der Waals surface area (Å²) in [7, 11) is 0. The predicted molar refractivity (Wildman–Crippen MR) is 205 cm³/mol. The zero-order chi connectivity index (χ0) is 31.6. The van der Waals surface area contributed by atoms with E-state index in [-0.39, 0.29) is 6.04 Å². The molecule has 2 aromatic heterocycles. The Balaban J connectivity index is 1.28. The molecule has 1 aliphatic heterocycles. The molecule has 0 fully saturated rings. The smallest absolute Gasteiger partial charge is 0.142 e. The van der Waals surface area contributed by atoms with Crippen LogP contribution < -0.4 is 5.32 Å². The number of aromatic nitrogens is 1. The number of rotatable bonds is 3. The Kier molecular flexibility index (Phi) is 6.11. The molecule has 226 valence electrons. The molecule has 0 radical (unpaired) electrons. The molecular formula is C44H29N3S. The van der Waals surface area contributed by atoms with Crippen LogP contribution in [0.2, 0.25) is 0 Å². The Labute approximate surface area is 282 Å². The largest absolute Gasteiger partial charge is 0.369 e. The Hall–Kier alpha value is -5.97. The first kappa shape index (κ1) is 27.2. The van der Waals surface area contributed by atoms with E-state index in [0.29, 0.717) is 0 Å². The van der Waals surface area contributed by atoms with Crippen molar-refractivity contribution in [2.45, 2.75) is 6.04 Å². The lowest BCUT2D eigenvalue weighted by Gasteiger charge is -2.28. The topological polar surface area (TPSA) is 29.3 Å². The van der Waals surface area contributed by atoms with Crippen LogP contribution in [-0.4, -0.2) is 10.4 Å². The van der Waals surface area contributed by atoms with Crippen LogP contribution in [0.15, 0.2) is 169 Å². The van der Waals surface area contributed by atoms with Gasteiger partial charge in [0.2, 0.25) is 0 Å². The molecule has 48 heavy (non-hydrogen) atoms. The molecule has 0 saturated carbocycles. The number of nitrogens with one attached hydrogen (secondary N) is 1. The van der Waals surface area contributed by atoms with Gasteiger partial charge >= 0.3 is 0 Å². The Morgan fingerprint density at radius 2 is 1.10 bits per heavy atom. The molecule has 0 amide bonds. The van der Waals surface area contributed by atoms with Crippen LogP contribution in [0, 0.1) is 0 Å². The second-order valence-corrected chi connectivity index (χ2v) is 13.5. The van der Waals surface area contributed by atoms with E-state index in [9.17, 15) is 0 Å². The summed E-state index contributed by atoms with van der Waals surface area (Å²) in [6.07, 6.45) is 0. The average molecular weight is 632 g/mol. The quantitative estimate of drug-likeness (QED) is 0.207. The Bertz CT molecular complexity index is 2640. The van der Waals surface area contributed by atoms with Crippen molar-refractivity contribution in [3.63, 3.8) is 0 Å². The number of nitrogens with zero attached hydrogens (tertiary/aromatic N) is 2. The molecule has 9 aromatic rings. The van der Waals surface area contributed by atoms with E-state index in [4.69, 9.17) is 4.99 Å². The molecule has 3 heterocycles. The maximum absolute atomic E-state index is 5.60. The minimum atomic E-state index is -0.216. The van der Waals surface area contributed by atoms with E-state index in [1.165, 1.54) is 59.4 Å². The van der Waals surface area contributed by atoms with Gasteiger partial charge < -0.3 is 5.32 Å². The molecule has 1 N–H and O–H groups in total. The lowest BCUT2D eigenvalue weighted by molar-refractivity contribution is 0.970. The third-order valence-electron chi connectivity index (χ3n) is 9.61. The normalized spacial score (nSPS) is 14.3. The Morgan fingerprint density at radius 1 is 0.500 bits per heavy atom. The van der Waals surface area contributed by atoms with Gasteiger partial charge in [0.15, 0.2) is 0 Å². The first-order chi connectivity index (χ1) is 23.8. The molecule has 0 spiro atoms. The molecule has 10 rings (SSSR count). The highest BCUT2D eigenvalue weighted by molar-refractivity contribution is 7.23. The predicted octanol–water partition coefficient (Wildman–Crippen LogP) is 12.2. The van der Waals surface area contributed by atoms with Gasteiger partial charge in [0.05, 0.1) is 16.7 Å². The molecule has 0 aliphatic carbocycles. The number of hydrogen-bond donors (Lipinski definition) is 1. The SMILES string of the molecule is c1ccc(-c2cc(-c3ccccc3)cc(C3Nc4c(sc5ccccc45)N=C3n3c4ccccc4c4cc5ccccc5cc43)c2)cc1. The van der Waals surface area contributed by atoms with Crippen molar-refractivity contribution in [2.75, 3.05) is 5.32 Å². The third-order valence-corrected chi connectivity index (χ3v) is 10.7.